The molecule has 0 saturated heterocycles. The maximum atomic E-state index is 9.00. The van der Waals surface area contributed by atoms with Crippen molar-refractivity contribution in [2.24, 2.45) is 0 Å². The molecule has 0 unspecified atom stereocenters. The molecular formula is C2H8BNaO6. The van der Waals surface area contributed by atoms with Crippen molar-refractivity contribution in [3.8, 4) is 0 Å². The summed E-state index contributed by atoms with van der Waals surface area (Å²) in [7, 11) is -2.06. The van der Waals surface area contributed by atoms with Crippen LogP contribution in [0.15, 0.2) is 0 Å². The van der Waals surface area contributed by atoms with E-state index < -0.39 is 13.3 Å². The monoisotopic (exact) mass is 162 g/mol. The molecule has 0 aliphatic rings. The van der Waals surface area contributed by atoms with Gasteiger partial charge in [0.25, 0.3) is 5.97 Å². The molecular weight excluding hydrogens is 154 g/mol. The summed E-state index contributed by atoms with van der Waals surface area (Å²) in [5.74, 6) is -0.833. The zero-order valence-electron chi connectivity index (χ0n) is 4.68. The Morgan fingerprint density at radius 1 is 1.50 bits per heavy atom. The van der Waals surface area contributed by atoms with E-state index in [1.54, 1.807) is 0 Å². The molecule has 56 valence electrons. The van der Waals surface area contributed by atoms with Gasteiger partial charge < -0.3 is 15.2 Å². The second-order valence-corrected chi connectivity index (χ2v) is 0.951. The van der Waals surface area contributed by atoms with Crippen molar-refractivity contribution in [3.63, 3.8) is 0 Å². The van der Waals surface area contributed by atoms with Gasteiger partial charge >= 0.3 is 36.9 Å². The topological polar surface area (TPSA) is 107 Å². The van der Waals surface area contributed by atoms with Crippen LogP contribution in [0.5, 0.6) is 0 Å². The molecule has 0 aromatic rings. The van der Waals surface area contributed by atoms with Crippen LogP contribution in [0.1, 0.15) is 6.92 Å². The molecule has 0 fully saturated rings. The number of aliphatic carboxylic acids is 1. The Hall–Kier alpha value is 0.375. The summed E-state index contributed by atoms with van der Waals surface area (Å²) >= 11 is 0. The zero-order valence-corrected chi connectivity index (χ0v) is 4.68. The molecule has 0 radical (unpaired) electrons. The first-order chi connectivity index (χ1) is 4.00. The van der Waals surface area contributed by atoms with Crippen molar-refractivity contribution in [1.29, 1.82) is 0 Å². The summed E-state index contributed by atoms with van der Waals surface area (Å²) < 4.78 is 0. The van der Waals surface area contributed by atoms with E-state index in [4.69, 9.17) is 25.2 Å². The minimum atomic E-state index is -2.06. The van der Waals surface area contributed by atoms with Crippen LogP contribution in [-0.2, 0) is 9.60 Å². The number of carboxylic acids is 1. The van der Waals surface area contributed by atoms with E-state index in [9.17, 15) is 0 Å². The van der Waals surface area contributed by atoms with E-state index in [1.165, 1.54) is 0 Å². The van der Waals surface area contributed by atoms with Crippen molar-refractivity contribution in [2.75, 3.05) is 0 Å². The zero-order chi connectivity index (χ0) is 7.86. The molecule has 0 bridgehead atoms. The third-order valence-electron chi connectivity index (χ3n) is 0.0943. The molecule has 0 aromatic carbocycles. The SMILES string of the molecule is CC(=O)O.OOB(O)O.[NaH]. The number of carbonyl (C=O) groups is 1. The molecule has 0 heterocycles. The normalized spacial score (nSPS) is 6.40. The van der Waals surface area contributed by atoms with Gasteiger partial charge in [0.05, 0.1) is 0 Å². The van der Waals surface area contributed by atoms with Crippen molar-refractivity contribution in [1.82, 2.24) is 0 Å². The van der Waals surface area contributed by atoms with Crippen molar-refractivity contribution < 1.29 is 30.0 Å². The van der Waals surface area contributed by atoms with E-state index in [1.807, 2.05) is 0 Å². The molecule has 8 heteroatoms. The van der Waals surface area contributed by atoms with Crippen molar-refractivity contribution in [2.45, 2.75) is 6.92 Å². The van der Waals surface area contributed by atoms with Crippen LogP contribution < -0.4 is 0 Å². The first kappa shape index (κ1) is 16.8. The summed E-state index contributed by atoms with van der Waals surface area (Å²) in [6, 6.07) is 0. The Labute approximate surface area is 79.8 Å². The fraction of sp³-hybridized carbons (Fsp3) is 0.500. The van der Waals surface area contributed by atoms with E-state index in [0.29, 0.717) is 0 Å². The molecule has 4 N–H and O–H groups in total. The van der Waals surface area contributed by atoms with Gasteiger partial charge in [-0.1, -0.05) is 0 Å². The van der Waals surface area contributed by atoms with Gasteiger partial charge in [-0.05, 0) is 0 Å². The van der Waals surface area contributed by atoms with Gasteiger partial charge in [-0.25, -0.2) is 4.81 Å². The Morgan fingerprint density at radius 3 is 1.60 bits per heavy atom. The predicted molar refractivity (Wildman–Crippen MR) is 34.4 cm³/mol. The van der Waals surface area contributed by atoms with Gasteiger partial charge in [0, 0.05) is 6.92 Å². The van der Waals surface area contributed by atoms with Crippen LogP contribution in [0.2, 0.25) is 0 Å². The second kappa shape index (κ2) is 12.1. The van der Waals surface area contributed by atoms with Gasteiger partial charge in [-0.15, -0.1) is 0 Å². The van der Waals surface area contributed by atoms with Crippen LogP contribution in [0.3, 0.4) is 0 Å². The van der Waals surface area contributed by atoms with Gasteiger partial charge in [0.15, 0.2) is 0 Å². The Balaban J connectivity index is -0.0000000910. The fourth-order valence-electron chi connectivity index (χ4n) is 0. The standard InChI is InChI=1S/C2H4O2.BH3O4.Na.H/c1-2(3)4;2-1(3)5-4;;/h1H3,(H,3,4);2-4H;;. The number of rotatable bonds is 1. The van der Waals surface area contributed by atoms with Crippen LogP contribution in [-0.4, -0.2) is 63.3 Å². The summed E-state index contributed by atoms with van der Waals surface area (Å²) in [6.45, 7) is 1.08. The predicted octanol–water partition coefficient (Wildman–Crippen LogP) is -2.11. The van der Waals surface area contributed by atoms with Crippen molar-refractivity contribution in [3.05, 3.63) is 0 Å². The molecule has 0 atom stereocenters. The fourth-order valence-corrected chi connectivity index (χ4v) is 0. The molecule has 0 aromatic heterocycles. The number of carboxylic acid groups (broad SMARTS) is 1. The van der Waals surface area contributed by atoms with Crippen LogP contribution in [0.25, 0.3) is 0 Å². The molecule has 6 nitrogen and oxygen atoms in total. The van der Waals surface area contributed by atoms with Gasteiger partial charge in [0.1, 0.15) is 0 Å². The Morgan fingerprint density at radius 2 is 1.60 bits per heavy atom. The molecule has 0 amide bonds. The first-order valence-corrected chi connectivity index (χ1v) is 1.86. The third-order valence-corrected chi connectivity index (χ3v) is 0.0943. The van der Waals surface area contributed by atoms with E-state index in [0.717, 1.165) is 6.92 Å². The maximum absolute atomic E-state index is 9.00. The third kappa shape index (κ3) is 80.8. The summed E-state index contributed by atoms with van der Waals surface area (Å²) in [5, 5.41) is 29.4. The van der Waals surface area contributed by atoms with E-state index in [2.05, 4.69) is 4.81 Å². The Kier molecular flexibility index (Phi) is 20.3. The van der Waals surface area contributed by atoms with Crippen LogP contribution in [0.4, 0.5) is 0 Å². The summed E-state index contributed by atoms with van der Waals surface area (Å²) in [6.07, 6.45) is 0. The molecule has 0 spiro atoms. The molecule has 0 aliphatic carbocycles. The molecule has 0 aliphatic heterocycles. The molecule has 0 rings (SSSR count). The first-order valence-electron chi connectivity index (χ1n) is 1.86. The van der Waals surface area contributed by atoms with Gasteiger partial charge in [-0.3, -0.25) is 10.1 Å². The average molecular weight is 162 g/mol. The van der Waals surface area contributed by atoms with Crippen molar-refractivity contribution >= 4 is 42.8 Å². The van der Waals surface area contributed by atoms with E-state index in [-0.39, 0.29) is 29.6 Å². The number of hydrogen-bond acceptors (Lipinski definition) is 5. The number of hydrogen-bond donors (Lipinski definition) is 4. The molecule has 10 heavy (non-hydrogen) atoms. The van der Waals surface area contributed by atoms with Gasteiger partial charge in [0.2, 0.25) is 0 Å². The quantitative estimate of drug-likeness (QED) is 0.199. The second-order valence-electron chi connectivity index (χ2n) is 0.951. The Bertz CT molecular complexity index is 72.1. The van der Waals surface area contributed by atoms with Crippen LogP contribution in [0, 0.1) is 0 Å². The van der Waals surface area contributed by atoms with Gasteiger partial charge in [-0.2, -0.15) is 0 Å². The summed E-state index contributed by atoms with van der Waals surface area (Å²) in [5.41, 5.74) is 0. The van der Waals surface area contributed by atoms with Crippen LogP contribution >= 0.6 is 0 Å². The van der Waals surface area contributed by atoms with E-state index >= 15 is 0 Å². The summed E-state index contributed by atoms with van der Waals surface area (Å²) in [4.78, 5) is 11.9. The minimum absolute atomic E-state index is 0. The average Bonchev–Trinajstić information content (AvgIpc) is 1.65. The molecule has 0 saturated carbocycles.